The van der Waals surface area contributed by atoms with E-state index in [1.165, 1.54) is 37.1 Å². The third-order valence-corrected chi connectivity index (χ3v) is 5.25. The quantitative estimate of drug-likeness (QED) is 0.695. The van der Waals surface area contributed by atoms with Crippen molar-refractivity contribution >= 4 is 6.08 Å². The summed E-state index contributed by atoms with van der Waals surface area (Å²) in [6.07, 6.45) is 7.30. The molecule has 136 valence electrons. The minimum atomic E-state index is 0.306. The highest BCUT2D eigenvalue weighted by Gasteiger charge is 2.23. The van der Waals surface area contributed by atoms with Gasteiger partial charge in [0.1, 0.15) is 18.5 Å². The van der Waals surface area contributed by atoms with E-state index < -0.39 is 0 Å². The van der Waals surface area contributed by atoms with Crippen LogP contribution in [-0.4, -0.2) is 43.9 Å². The largest absolute Gasteiger partial charge is 0.491 e. The zero-order chi connectivity index (χ0) is 17.6. The number of piperidine rings is 1. The molecule has 1 atom stereocenters. The van der Waals surface area contributed by atoms with Crippen molar-refractivity contribution < 1.29 is 9.47 Å². The molecule has 2 aromatic carbocycles. The Morgan fingerprint density at radius 2 is 1.73 bits per heavy atom. The Hall–Kier alpha value is -2.10. The standard InChI is InChI=1S/C23H27NO2/c1-2-6-20(7-3-1)21-12-15-24(16-13-21)14-4-5-19-8-10-22(11-9-19)25-17-23-18-26-23/h1-11,21,23H,12-18H2/b5-4+/t23-/m0/s1. The van der Waals surface area contributed by atoms with E-state index in [4.69, 9.17) is 9.47 Å². The van der Waals surface area contributed by atoms with Crippen molar-refractivity contribution in [1.82, 2.24) is 4.90 Å². The minimum absolute atomic E-state index is 0.306. The van der Waals surface area contributed by atoms with E-state index in [0.29, 0.717) is 12.7 Å². The number of rotatable bonds is 7. The van der Waals surface area contributed by atoms with Crippen LogP contribution in [0.25, 0.3) is 6.08 Å². The predicted octanol–water partition coefficient (Wildman–Crippen LogP) is 4.36. The fraction of sp³-hybridized carbons (Fsp3) is 0.391. The van der Waals surface area contributed by atoms with Gasteiger partial charge in [-0.05, 0) is 55.1 Å². The molecule has 2 heterocycles. The number of hydrogen-bond acceptors (Lipinski definition) is 3. The van der Waals surface area contributed by atoms with Crippen LogP contribution >= 0.6 is 0 Å². The molecule has 3 nitrogen and oxygen atoms in total. The molecule has 2 saturated heterocycles. The van der Waals surface area contributed by atoms with Crippen LogP contribution in [0, 0.1) is 0 Å². The lowest BCUT2D eigenvalue weighted by Crippen LogP contribution is -2.32. The molecule has 0 bridgehead atoms. The summed E-state index contributed by atoms with van der Waals surface area (Å²) in [5.41, 5.74) is 2.72. The number of nitrogens with zero attached hydrogens (tertiary/aromatic N) is 1. The van der Waals surface area contributed by atoms with E-state index in [9.17, 15) is 0 Å². The van der Waals surface area contributed by atoms with Gasteiger partial charge in [-0.1, -0.05) is 54.6 Å². The Labute approximate surface area is 156 Å². The van der Waals surface area contributed by atoms with Crippen molar-refractivity contribution in [3.63, 3.8) is 0 Å². The molecule has 0 radical (unpaired) electrons. The molecule has 4 rings (SSSR count). The third kappa shape index (κ3) is 4.96. The normalized spacial score (nSPS) is 21.2. The first kappa shape index (κ1) is 17.3. The topological polar surface area (TPSA) is 25.0 Å². The van der Waals surface area contributed by atoms with Crippen LogP contribution in [0.2, 0.25) is 0 Å². The summed E-state index contributed by atoms with van der Waals surface area (Å²) in [5, 5.41) is 0. The van der Waals surface area contributed by atoms with Gasteiger partial charge in [0.15, 0.2) is 0 Å². The molecule has 0 aliphatic carbocycles. The maximum absolute atomic E-state index is 5.67. The zero-order valence-corrected chi connectivity index (χ0v) is 15.2. The van der Waals surface area contributed by atoms with E-state index in [-0.39, 0.29) is 0 Å². The van der Waals surface area contributed by atoms with E-state index in [2.05, 4.69) is 59.5 Å². The molecule has 2 aliphatic heterocycles. The summed E-state index contributed by atoms with van der Waals surface area (Å²) in [5.74, 6) is 1.64. The van der Waals surface area contributed by atoms with Gasteiger partial charge >= 0.3 is 0 Å². The lowest BCUT2D eigenvalue weighted by Gasteiger charge is -2.31. The number of ether oxygens (including phenoxy) is 2. The summed E-state index contributed by atoms with van der Waals surface area (Å²) in [6, 6.07) is 19.2. The van der Waals surface area contributed by atoms with Gasteiger partial charge in [-0.25, -0.2) is 0 Å². The van der Waals surface area contributed by atoms with E-state index in [1.807, 2.05) is 12.1 Å². The fourth-order valence-corrected chi connectivity index (χ4v) is 3.54. The molecule has 0 amide bonds. The lowest BCUT2D eigenvalue weighted by molar-refractivity contribution is 0.233. The van der Waals surface area contributed by atoms with Gasteiger partial charge in [0.2, 0.25) is 0 Å². The van der Waals surface area contributed by atoms with Crippen molar-refractivity contribution in [2.45, 2.75) is 24.9 Å². The molecule has 0 N–H and O–H groups in total. The Bertz CT molecular complexity index is 699. The molecule has 0 unspecified atom stereocenters. The van der Waals surface area contributed by atoms with Gasteiger partial charge in [0.25, 0.3) is 0 Å². The molecule has 26 heavy (non-hydrogen) atoms. The Morgan fingerprint density at radius 3 is 2.42 bits per heavy atom. The average Bonchev–Trinajstić information content (AvgIpc) is 3.53. The molecule has 0 spiro atoms. The predicted molar refractivity (Wildman–Crippen MR) is 106 cm³/mol. The maximum atomic E-state index is 5.67. The van der Waals surface area contributed by atoms with Gasteiger partial charge in [-0.2, -0.15) is 0 Å². The SMILES string of the molecule is C(=C\c1ccc(OC[C@H]2CO2)cc1)/CN1CCC(c2ccccc2)CC1. The van der Waals surface area contributed by atoms with Crippen LogP contribution in [0.4, 0.5) is 0 Å². The Kier molecular flexibility index (Phi) is 5.68. The molecule has 2 aliphatic rings. The first-order valence-electron chi connectivity index (χ1n) is 9.65. The second kappa shape index (κ2) is 8.52. The molecule has 0 aromatic heterocycles. The first-order chi connectivity index (χ1) is 12.9. The molecule has 0 saturated carbocycles. The highest BCUT2D eigenvalue weighted by molar-refractivity contribution is 5.50. The van der Waals surface area contributed by atoms with Crippen LogP contribution in [-0.2, 0) is 4.74 Å². The van der Waals surface area contributed by atoms with Crippen LogP contribution in [0.5, 0.6) is 5.75 Å². The van der Waals surface area contributed by atoms with Crippen molar-refractivity contribution in [1.29, 1.82) is 0 Å². The minimum Gasteiger partial charge on any atom is -0.491 e. The van der Waals surface area contributed by atoms with Gasteiger partial charge < -0.3 is 9.47 Å². The van der Waals surface area contributed by atoms with Crippen molar-refractivity contribution in [2.75, 3.05) is 32.8 Å². The molecule has 3 heteroatoms. The molecular formula is C23H27NO2. The van der Waals surface area contributed by atoms with Gasteiger partial charge in [0.05, 0.1) is 6.61 Å². The van der Waals surface area contributed by atoms with Crippen LogP contribution < -0.4 is 4.74 Å². The number of benzene rings is 2. The van der Waals surface area contributed by atoms with Gasteiger partial charge in [0, 0.05) is 6.54 Å². The van der Waals surface area contributed by atoms with Crippen LogP contribution in [0.3, 0.4) is 0 Å². The maximum Gasteiger partial charge on any atom is 0.119 e. The summed E-state index contributed by atoms with van der Waals surface area (Å²) < 4.78 is 10.8. The summed E-state index contributed by atoms with van der Waals surface area (Å²) in [7, 11) is 0. The summed E-state index contributed by atoms with van der Waals surface area (Å²) >= 11 is 0. The van der Waals surface area contributed by atoms with E-state index in [0.717, 1.165) is 24.8 Å². The second-order valence-electron chi connectivity index (χ2n) is 7.22. The van der Waals surface area contributed by atoms with Gasteiger partial charge in [-0.3, -0.25) is 4.90 Å². The van der Waals surface area contributed by atoms with Crippen molar-refractivity contribution in [3.8, 4) is 5.75 Å². The van der Waals surface area contributed by atoms with Crippen LogP contribution in [0.15, 0.2) is 60.7 Å². The highest BCUT2D eigenvalue weighted by Crippen LogP contribution is 2.27. The number of likely N-dealkylation sites (tertiary alicyclic amines) is 1. The Balaban J connectivity index is 1.20. The zero-order valence-electron chi connectivity index (χ0n) is 15.2. The first-order valence-corrected chi connectivity index (χ1v) is 9.65. The number of hydrogen-bond donors (Lipinski definition) is 0. The monoisotopic (exact) mass is 349 g/mol. The summed E-state index contributed by atoms with van der Waals surface area (Å²) in [6.45, 7) is 4.89. The highest BCUT2D eigenvalue weighted by atomic mass is 16.6. The third-order valence-electron chi connectivity index (χ3n) is 5.25. The fourth-order valence-electron chi connectivity index (χ4n) is 3.54. The molecule has 2 aromatic rings. The second-order valence-corrected chi connectivity index (χ2v) is 7.22. The van der Waals surface area contributed by atoms with Crippen molar-refractivity contribution in [2.24, 2.45) is 0 Å². The average molecular weight is 349 g/mol. The van der Waals surface area contributed by atoms with Gasteiger partial charge in [-0.15, -0.1) is 0 Å². The summed E-state index contributed by atoms with van der Waals surface area (Å²) in [4.78, 5) is 2.54. The number of epoxide rings is 1. The van der Waals surface area contributed by atoms with E-state index >= 15 is 0 Å². The molecule has 2 fully saturated rings. The Morgan fingerprint density at radius 1 is 1.00 bits per heavy atom. The smallest absolute Gasteiger partial charge is 0.119 e. The van der Waals surface area contributed by atoms with E-state index in [1.54, 1.807) is 0 Å². The lowest BCUT2D eigenvalue weighted by atomic mass is 9.89. The van der Waals surface area contributed by atoms with Crippen molar-refractivity contribution in [3.05, 3.63) is 71.8 Å². The molecular weight excluding hydrogens is 322 g/mol. The van der Waals surface area contributed by atoms with Crippen LogP contribution in [0.1, 0.15) is 29.9 Å².